The molecule has 1 amide bonds. The van der Waals surface area contributed by atoms with Gasteiger partial charge in [-0.2, -0.15) is 0 Å². The lowest BCUT2D eigenvalue weighted by Gasteiger charge is -2.36. The molecule has 0 saturated carbocycles. The van der Waals surface area contributed by atoms with Gasteiger partial charge in [-0.05, 0) is 0 Å². The molecule has 0 radical (unpaired) electrons. The van der Waals surface area contributed by atoms with Gasteiger partial charge in [-0.1, -0.05) is 0 Å². The molecule has 3 unspecified atom stereocenters. The topological polar surface area (TPSA) is 99.0 Å². The maximum atomic E-state index is 10.7. The van der Waals surface area contributed by atoms with Crippen LogP contribution in [0.2, 0.25) is 0 Å². The van der Waals surface area contributed by atoms with E-state index in [0.717, 1.165) is 0 Å². The Morgan fingerprint density at radius 1 is 1.57 bits per heavy atom. The summed E-state index contributed by atoms with van der Waals surface area (Å²) < 4.78 is 4.95. The van der Waals surface area contributed by atoms with Crippen LogP contribution in [0, 0.1) is 0 Å². The van der Waals surface area contributed by atoms with Crippen LogP contribution in [0.15, 0.2) is 0 Å². The molecule has 0 aromatic heterocycles. The van der Waals surface area contributed by atoms with Crippen molar-refractivity contribution >= 4 is 5.91 Å². The molecule has 6 nitrogen and oxygen atoms in total. The van der Waals surface area contributed by atoms with E-state index < -0.39 is 24.5 Å². The predicted molar refractivity (Wildman–Crippen MR) is 46.2 cm³/mol. The number of ether oxygens (including phenoxy) is 1. The van der Waals surface area contributed by atoms with Gasteiger partial charge in [0.2, 0.25) is 5.91 Å². The molecule has 0 aromatic carbocycles. The van der Waals surface area contributed by atoms with Gasteiger partial charge in [0.1, 0.15) is 6.04 Å². The Kier molecular flexibility index (Phi) is 3.82. The summed E-state index contributed by atoms with van der Waals surface area (Å²) in [5.41, 5.74) is 0. The molecule has 1 rings (SSSR count). The number of aliphatic hydroxyl groups is 3. The Morgan fingerprint density at radius 3 is 2.64 bits per heavy atom. The molecule has 1 saturated heterocycles. The highest BCUT2D eigenvalue weighted by atomic mass is 16.6. The fraction of sp³-hybridized carbons (Fsp3) is 0.875. The highest BCUT2D eigenvalue weighted by molar-refractivity contribution is 5.73. The lowest BCUT2D eigenvalue weighted by Crippen LogP contribution is -2.57. The number of amides is 1. The van der Waals surface area contributed by atoms with Crippen LogP contribution in [0.4, 0.5) is 0 Å². The van der Waals surface area contributed by atoms with Crippen LogP contribution in [0.1, 0.15) is 13.3 Å². The molecule has 0 bridgehead atoms. The molecule has 1 fully saturated rings. The summed E-state index contributed by atoms with van der Waals surface area (Å²) in [5, 5.41) is 30.0. The largest absolute Gasteiger partial charge is 0.394 e. The molecule has 0 aliphatic carbocycles. The van der Waals surface area contributed by atoms with Gasteiger partial charge in [-0.25, -0.2) is 0 Å². The second-order valence-corrected chi connectivity index (χ2v) is 3.36. The van der Waals surface area contributed by atoms with Crippen molar-refractivity contribution in [3.63, 3.8) is 0 Å². The molecule has 14 heavy (non-hydrogen) atoms. The summed E-state index contributed by atoms with van der Waals surface area (Å²) in [6.07, 6.45) is -2.57. The van der Waals surface area contributed by atoms with E-state index in [1.54, 1.807) is 0 Å². The van der Waals surface area contributed by atoms with Gasteiger partial charge in [-0.3, -0.25) is 4.79 Å². The van der Waals surface area contributed by atoms with E-state index in [4.69, 9.17) is 9.84 Å². The average Bonchev–Trinajstić information content (AvgIpc) is 2.10. The van der Waals surface area contributed by atoms with Gasteiger partial charge < -0.3 is 25.4 Å². The highest BCUT2D eigenvalue weighted by Gasteiger charge is 2.36. The summed E-state index contributed by atoms with van der Waals surface area (Å²) in [7, 11) is 0. The molecule has 1 heterocycles. The Labute approximate surface area is 81.5 Å². The first-order valence-electron chi connectivity index (χ1n) is 4.44. The molecule has 82 valence electrons. The number of rotatable bonds is 2. The first-order chi connectivity index (χ1) is 6.54. The van der Waals surface area contributed by atoms with Crippen LogP contribution in [-0.2, 0) is 9.53 Å². The Bertz CT molecular complexity index is 198. The minimum Gasteiger partial charge on any atom is -0.394 e. The maximum Gasteiger partial charge on any atom is 0.217 e. The third-order valence-electron chi connectivity index (χ3n) is 2.13. The van der Waals surface area contributed by atoms with E-state index in [2.05, 4.69) is 5.32 Å². The molecule has 0 aromatic rings. The summed E-state index contributed by atoms with van der Waals surface area (Å²) >= 11 is 0. The summed E-state index contributed by atoms with van der Waals surface area (Å²) in [6.45, 7) is 1.03. The van der Waals surface area contributed by atoms with Crippen molar-refractivity contribution in [2.45, 2.75) is 37.9 Å². The van der Waals surface area contributed by atoms with Crippen LogP contribution in [0.5, 0.6) is 0 Å². The lowest BCUT2D eigenvalue weighted by molar-refractivity contribution is -0.214. The van der Waals surface area contributed by atoms with Crippen molar-refractivity contribution in [3.8, 4) is 0 Å². The van der Waals surface area contributed by atoms with Crippen LogP contribution in [0.3, 0.4) is 0 Å². The van der Waals surface area contributed by atoms with E-state index in [-0.39, 0.29) is 18.9 Å². The fourth-order valence-corrected chi connectivity index (χ4v) is 1.46. The molecule has 1 aliphatic heterocycles. The SMILES string of the molecule is CC(=O)NC1C(O)CC(CO)O[C@H]1O. The average molecular weight is 205 g/mol. The van der Waals surface area contributed by atoms with Gasteiger partial charge in [0.05, 0.1) is 18.8 Å². The van der Waals surface area contributed by atoms with Crippen molar-refractivity contribution < 1.29 is 24.9 Å². The van der Waals surface area contributed by atoms with Gasteiger partial charge in [0, 0.05) is 13.3 Å². The number of carbonyl (C=O) groups is 1. The summed E-state index contributed by atoms with van der Waals surface area (Å²) in [6, 6.07) is -0.824. The maximum absolute atomic E-state index is 10.7. The van der Waals surface area contributed by atoms with Crippen molar-refractivity contribution in [1.29, 1.82) is 0 Å². The molecule has 6 heteroatoms. The van der Waals surface area contributed by atoms with Crippen molar-refractivity contribution in [3.05, 3.63) is 0 Å². The molecular weight excluding hydrogens is 190 g/mol. The molecular formula is C8H15NO5. The van der Waals surface area contributed by atoms with Crippen LogP contribution in [0.25, 0.3) is 0 Å². The van der Waals surface area contributed by atoms with Gasteiger partial charge >= 0.3 is 0 Å². The smallest absolute Gasteiger partial charge is 0.217 e. The Morgan fingerprint density at radius 2 is 2.21 bits per heavy atom. The van der Waals surface area contributed by atoms with Crippen molar-refractivity contribution in [2.24, 2.45) is 0 Å². The highest BCUT2D eigenvalue weighted by Crippen LogP contribution is 2.18. The van der Waals surface area contributed by atoms with Crippen LogP contribution in [-0.4, -0.2) is 52.4 Å². The summed E-state index contributed by atoms with van der Waals surface area (Å²) in [5.74, 6) is -0.348. The molecule has 0 spiro atoms. The van der Waals surface area contributed by atoms with Crippen molar-refractivity contribution in [1.82, 2.24) is 5.32 Å². The third kappa shape index (κ3) is 2.65. The third-order valence-corrected chi connectivity index (χ3v) is 2.13. The Hall–Kier alpha value is -0.690. The second kappa shape index (κ2) is 4.70. The number of aliphatic hydroxyl groups excluding tert-OH is 3. The molecule has 1 aliphatic rings. The van der Waals surface area contributed by atoms with Crippen LogP contribution >= 0.6 is 0 Å². The molecule has 4 atom stereocenters. The first-order valence-corrected chi connectivity index (χ1v) is 4.44. The minimum atomic E-state index is -1.28. The fourth-order valence-electron chi connectivity index (χ4n) is 1.46. The van der Waals surface area contributed by atoms with Gasteiger partial charge in [0.25, 0.3) is 0 Å². The number of nitrogens with one attached hydrogen (secondary N) is 1. The van der Waals surface area contributed by atoms with E-state index in [1.165, 1.54) is 6.92 Å². The summed E-state index contributed by atoms with van der Waals surface area (Å²) in [4.78, 5) is 10.7. The monoisotopic (exact) mass is 205 g/mol. The lowest BCUT2D eigenvalue weighted by atomic mass is 10.0. The standard InChI is InChI=1S/C8H15NO5/c1-4(11)9-7-6(12)2-5(3-10)14-8(7)13/h5-8,10,12-13H,2-3H2,1H3,(H,9,11)/t5?,6?,7?,8-/m1/s1. The number of hydrogen-bond acceptors (Lipinski definition) is 5. The van der Waals surface area contributed by atoms with E-state index in [9.17, 15) is 15.0 Å². The van der Waals surface area contributed by atoms with Gasteiger partial charge in [0.15, 0.2) is 6.29 Å². The minimum absolute atomic E-state index is 0.193. The van der Waals surface area contributed by atoms with E-state index in [0.29, 0.717) is 0 Å². The second-order valence-electron chi connectivity index (χ2n) is 3.36. The normalized spacial score (nSPS) is 38.0. The van der Waals surface area contributed by atoms with Gasteiger partial charge in [-0.15, -0.1) is 0 Å². The Balaban J connectivity index is 2.55. The van der Waals surface area contributed by atoms with E-state index in [1.807, 2.05) is 0 Å². The number of hydrogen-bond donors (Lipinski definition) is 4. The zero-order valence-electron chi connectivity index (χ0n) is 7.88. The van der Waals surface area contributed by atoms with Crippen molar-refractivity contribution in [2.75, 3.05) is 6.61 Å². The quantitative estimate of drug-likeness (QED) is 0.416. The number of carbonyl (C=O) groups excluding carboxylic acids is 1. The zero-order valence-corrected chi connectivity index (χ0v) is 7.88. The first kappa shape index (κ1) is 11.4. The molecule has 4 N–H and O–H groups in total. The predicted octanol–water partition coefficient (Wildman–Crippen LogP) is -2.05. The van der Waals surface area contributed by atoms with Crippen LogP contribution < -0.4 is 5.32 Å². The zero-order chi connectivity index (χ0) is 10.7. The van der Waals surface area contributed by atoms with E-state index >= 15 is 0 Å².